The summed E-state index contributed by atoms with van der Waals surface area (Å²) in [4.78, 5) is 3.68. The van der Waals surface area contributed by atoms with E-state index in [1.54, 1.807) is 4.90 Å². The summed E-state index contributed by atoms with van der Waals surface area (Å²) in [5.74, 6) is -0.571. The average molecular weight is 303 g/mol. The maximum Gasteiger partial charge on any atom is 0.114 e. The van der Waals surface area contributed by atoms with Crippen LogP contribution in [0, 0.1) is 0 Å². The Hall–Kier alpha value is -2.05. The van der Waals surface area contributed by atoms with E-state index in [0.717, 1.165) is 29.3 Å². The minimum atomic E-state index is -4.38. The third kappa shape index (κ3) is 2.48. The third-order valence-electron chi connectivity index (χ3n) is 3.53. The average Bonchev–Trinajstić information content (AvgIpc) is 2.46. The Labute approximate surface area is 124 Å². The van der Waals surface area contributed by atoms with Crippen molar-refractivity contribution in [2.24, 2.45) is 0 Å². The van der Waals surface area contributed by atoms with E-state index in [9.17, 15) is 13.0 Å². The molecule has 0 aromatic heterocycles. The molecule has 0 unspecified atom stereocenters. The molecule has 21 heavy (non-hydrogen) atoms. The maximum absolute atomic E-state index is 11.3. The summed E-state index contributed by atoms with van der Waals surface area (Å²) in [5, 5.41) is 0. The van der Waals surface area contributed by atoms with Gasteiger partial charge in [0.25, 0.3) is 0 Å². The standard InChI is InChI=1S/C15H16N2O3S/c1-2-16-12-7-3-5-9-14(12)17(11-21(18,19)20)15-10-6-4-8-13(15)16/h3-10H,2,11H2,1H3,(H,18,19,20)/p-1. The molecule has 0 atom stereocenters. The summed E-state index contributed by atoms with van der Waals surface area (Å²) >= 11 is 0. The van der Waals surface area contributed by atoms with Crippen LogP contribution in [0.15, 0.2) is 48.5 Å². The van der Waals surface area contributed by atoms with E-state index in [1.165, 1.54) is 0 Å². The van der Waals surface area contributed by atoms with Gasteiger partial charge in [-0.05, 0) is 31.2 Å². The van der Waals surface area contributed by atoms with E-state index in [1.807, 2.05) is 55.5 Å². The quantitative estimate of drug-likeness (QED) is 0.816. The van der Waals surface area contributed by atoms with Crippen LogP contribution in [0.2, 0.25) is 0 Å². The molecule has 0 saturated heterocycles. The molecule has 0 aliphatic carbocycles. The SMILES string of the molecule is CCN1c2ccccc2N(CS(=O)(=O)[O-])c2ccccc21. The largest absolute Gasteiger partial charge is 0.747 e. The third-order valence-corrected chi connectivity index (χ3v) is 4.10. The van der Waals surface area contributed by atoms with Gasteiger partial charge in [-0.3, -0.25) is 0 Å². The summed E-state index contributed by atoms with van der Waals surface area (Å²) in [5.41, 5.74) is 3.28. The lowest BCUT2D eigenvalue weighted by Gasteiger charge is -2.40. The predicted octanol–water partition coefficient (Wildman–Crippen LogP) is 2.80. The first kappa shape index (κ1) is 13.9. The van der Waals surface area contributed by atoms with Crippen molar-refractivity contribution in [3.8, 4) is 0 Å². The summed E-state index contributed by atoms with van der Waals surface area (Å²) in [7, 11) is -4.38. The summed E-state index contributed by atoms with van der Waals surface area (Å²) in [6, 6.07) is 15.0. The zero-order valence-electron chi connectivity index (χ0n) is 11.6. The lowest BCUT2D eigenvalue weighted by atomic mass is 10.1. The van der Waals surface area contributed by atoms with Crippen molar-refractivity contribution in [2.75, 3.05) is 22.2 Å². The van der Waals surface area contributed by atoms with Crippen molar-refractivity contribution >= 4 is 32.9 Å². The van der Waals surface area contributed by atoms with Crippen LogP contribution in [0.5, 0.6) is 0 Å². The molecule has 0 saturated carbocycles. The Kier molecular flexibility index (Phi) is 3.35. The molecule has 3 rings (SSSR count). The van der Waals surface area contributed by atoms with Gasteiger partial charge in [-0.25, -0.2) is 8.42 Å². The fraction of sp³-hybridized carbons (Fsp3) is 0.200. The van der Waals surface area contributed by atoms with Crippen LogP contribution in [-0.4, -0.2) is 25.4 Å². The molecule has 1 aliphatic heterocycles. The van der Waals surface area contributed by atoms with Crippen LogP contribution >= 0.6 is 0 Å². The van der Waals surface area contributed by atoms with Crippen molar-refractivity contribution in [3.63, 3.8) is 0 Å². The Morgan fingerprint density at radius 1 is 0.857 bits per heavy atom. The van der Waals surface area contributed by atoms with Crippen LogP contribution in [0.1, 0.15) is 6.92 Å². The van der Waals surface area contributed by atoms with E-state index in [2.05, 4.69) is 4.90 Å². The number of benzene rings is 2. The number of hydrogen-bond acceptors (Lipinski definition) is 5. The number of anilines is 4. The van der Waals surface area contributed by atoms with Crippen LogP contribution in [0.3, 0.4) is 0 Å². The monoisotopic (exact) mass is 303 g/mol. The Balaban J connectivity index is 2.23. The number of para-hydroxylation sites is 4. The lowest BCUT2D eigenvalue weighted by Crippen LogP contribution is -2.32. The molecule has 5 nitrogen and oxygen atoms in total. The minimum Gasteiger partial charge on any atom is -0.747 e. The topological polar surface area (TPSA) is 63.7 Å². The van der Waals surface area contributed by atoms with E-state index in [0.29, 0.717) is 0 Å². The molecular weight excluding hydrogens is 288 g/mol. The van der Waals surface area contributed by atoms with Gasteiger partial charge in [0.15, 0.2) is 0 Å². The van der Waals surface area contributed by atoms with E-state index in [4.69, 9.17) is 0 Å². The Morgan fingerprint density at radius 3 is 1.57 bits per heavy atom. The van der Waals surface area contributed by atoms with Crippen LogP contribution < -0.4 is 9.80 Å². The fourth-order valence-corrected chi connectivity index (χ4v) is 3.33. The van der Waals surface area contributed by atoms with Gasteiger partial charge in [0.2, 0.25) is 0 Å². The molecule has 2 aromatic carbocycles. The number of hydrogen-bond donors (Lipinski definition) is 0. The number of fused-ring (bicyclic) bond motifs is 2. The minimum absolute atomic E-state index is 0.571. The summed E-state index contributed by atoms with van der Waals surface area (Å²) < 4.78 is 33.8. The van der Waals surface area contributed by atoms with Crippen molar-refractivity contribution in [3.05, 3.63) is 48.5 Å². The smallest absolute Gasteiger partial charge is 0.114 e. The molecule has 2 aromatic rings. The summed E-state index contributed by atoms with van der Waals surface area (Å²) in [6.07, 6.45) is 0. The second-order valence-electron chi connectivity index (χ2n) is 4.84. The van der Waals surface area contributed by atoms with Gasteiger partial charge < -0.3 is 14.4 Å². The van der Waals surface area contributed by atoms with Gasteiger partial charge in [-0.2, -0.15) is 0 Å². The molecule has 110 valence electrons. The molecule has 0 fully saturated rings. The molecule has 1 aliphatic rings. The number of rotatable bonds is 3. The van der Waals surface area contributed by atoms with Gasteiger partial charge in [0.05, 0.1) is 22.7 Å². The predicted molar refractivity (Wildman–Crippen MR) is 82.3 cm³/mol. The molecule has 0 spiro atoms. The Bertz CT molecular complexity index is 726. The van der Waals surface area contributed by atoms with Gasteiger partial charge in [0.1, 0.15) is 16.0 Å². The highest BCUT2D eigenvalue weighted by molar-refractivity contribution is 7.85. The second kappa shape index (κ2) is 5.05. The zero-order chi connectivity index (χ0) is 15.0. The highest BCUT2D eigenvalue weighted by Crippen LogP contribution is 2.47. The maximum atomic E-state index is 11.3. The molecule has 0 N–H and O–H groups in total. The highest BCUT2D eigenvalue weighted by atomic mass is 32.2. The van der Waals surface area contributed by atoms with Gasteiger partial charge in [-0.15, -0.1) is 0 Å². The first-order valence-corrected chi connectivity index (χ1v) is 8.25. The zero-order valence-corrected chi connectivity index (χ0v) is 12.4. The van der Waals surface area contributed by atoms with E-state index < -0.39 is 16.0 Å². The highest BCUT2D eigenvalue weighted by Gasteiger charge is 2.27. The van der Waals surface area contributed by atoms with Gasteiger partial charge >= 0.3 is 0 Å². The molecular formula is C15H15N2O3S-. The van der Waals surface area contributed by atoms with E-state index >= 15 is 0 Å². The van der Waals surface area contributed by atoms with Crippen molar-refractivity contribution in [1.29, 1.82) is 0 Å². The van der Waals surface area contributed by atoms with Crippen molar-refractivity contribution in [2.45, 2.75) is 6.92 Å². The van der Waals surface area contributed by atoms with Crippen molar-refractivity contribution < 1.29 is 13.0 Å². The molecule has 1 heterocycles. The first-order valence-electron chi connectivity index (χ1n) is 6.68. The van der Waals surface area contributed by atoms with Crippen LogP contribution in [-0.2, 0) is 10.1 Å². The molecule has 0 bridgehead atoms. The van der Waals surface area contributed by atoms with Crippen LogP contribution in [0.4, 0.5) is 22.7 Å². The number of nitrogens with zero attached hydrogens (tertiary/aromatic N) is 2. The summed E-state index contributed by atoms with van der Waals surface area (Å²) in [6.45, 7) is 2.79. The lowest BCUT2D eigenvalue weighted by molar-refractivity contribution is 0.463. The normalized spacial score (nSPS) is 13.8. The van der Waals surface area contributed by atoms with Gasteiger partial charge in [0, 0.05) is 6.54 Å². The van der Waals surface area contributed by atoms with Gasteiger partial charge in [-0.1, -0.05) is 24.3 Å². The fourth-order valence-electron chi connectivity index (χ4n) is 2.74. The second-order valence-corrected chi connectivity index (χ2v) is 6.21. The Morgan fingerprint density at radius 2 is 1.24 bits per heavy atom. The molecule has 0 radical (unpaired) electrons. The first-order chi connectivity index (χ1) is 10.0. The molecule has 0 amide bonds. The van der Waals surface area contributed by atoms with Crippen LogP contribution in [0.25, 0.3) is 0 Å². The van der Waals surface area contributed by atoms with Crippen molar-refractivity contribution in [1.82, 2.24) is 0 Å². The molecule has 6 heteroatoms. The van der Waals surface area contributed by atoms with E-state index in [-0.39, 0.29) is 0 Å².